The second kappa shape index (κ2) is 5.76. The van der Waals surface area contributed by atoms with Crippen molar-refractivity contribution >= 4 is 23.9 Å². The van der Waals surface area contributed by atoms with Crippen LogP contribution in [0.3, 0.4) is 0 Å². The summed E-state index contributed by atoms with van der Waals surface area (Å²) in [6.07, 6.45) is 5.79. The molecule has 1 aromatic carbocycles. The van der Waals surface area contributed by atoms with E-state index in [4.69, 9.17) is 0 Å². The standard InChI is InChI=1S/C17H19N3O.ClH/c1-11-18-8-9-20(11)10-12-6-7-15-16(17(12)21)13-4-2-3-5-14(13)19-15;/h2-5,8-9,12,15-16,19H,6-7,10H2,1H3;1H. The fraction of sp³-hybridized carbons (Fsp3) is 0.412. The van der Waals surface area contributed by atoms with Crippen molar-refractivity contribution in [2.24, 2.45) is 5.92 Å². The summed E-state index contributed by atoms with van der Waals surface area (Å²) in [6, 6.07) is 8.51. The molecule has 2 aliphatic rings. The first kappa shape index (κ1) is 15.1. The van der Waals surface area contributed by atoms with Crippen LogP contribution in [0.2, 0.25) is 0 Å². The minimum Gasteiger partial charge on any atom is -0.381 e. The number of Topliss-reactive ketones (excluding diaryl/α,β-unsaturated/α-hetero) is 1. The van der Waals surface area contributed by atoms with Crippen molar-refractivity contribution in [3.8, 4) is 0 Å². The summed E-state index contributed by atoms with van der Waals surface area (Å²) < 4.78 is 2.09. The number of nitrogens with zero attached hydrogens (tertiary/aromatic N) is 2. The number of nitrogens with one attached hydrogen (secondary N) is 1. The predicted molar refractivity (Wildman–Crippen MR) is 88.5 cm³/mol. The second-order valence-electron chi connectivity index (χ2n) is 6.12. The molecule has 0 spiro atoms. The number of benzene rings is 1. The zero-order chi connectivity index (χ0) is 14.4. The fourth-order valence-corrected chi connectivity index (χ4v) is 3.78. The Morgan fingerprint density at radius 1 is 1.32 bits per heavy atom. The van der Waals surface area contributed by atoms with Crippen molar-refractivity contribution in [1.82, 2.24) is 9.55 Å². The molecule has 1 aliphatic heterocycles. The summed E-state index contributed by atoms with van der Waals surface area (Å²) >= 11 is 0. The lowest BCUT2D eigenvalue weighted by Crippen LogP contribution is -2.38. The van der Waals surface area contributed by atoms with Gasteiger partial charge in [-0.1, -0.05) is 18.2 Å². The average molecular weight is 318 g/mol. The van der Waals surface area contributed by atoms with Gasteiger partial charge in [0.1, 0.15) is 11.6 Å². The van der Waals surface area contributed by atoms with Gasteiger partial charge in [-0.05, 0) is 31.4 Å². The number of carbonyl (C=O) groups is 1. The number of para-hydroxylation sites is 1. The van der Waals surface area contributed by atoms with E-state index in [1.54, 1.807) is 6.20 Å². The molecule has 4 nitrogen and oxygen atoms in total. The van der Waals surface area contributed by atoms with Gasteiger partial charge in [-0.2, -0.15) is 0 Å². The summed E-state index contributed by atoms with van der Waals surface area (Å²) in [7, 11) is 0. The van der Waals surface area contributed by atoms with Gasteiger partial charge in [-0.3, -0.25) is 4.79 Å². The number of aryl methyl sites for hydroxylation is 1. The highest BCUT2D eigenvalue weighted by molar-refractivity contribution is 5.93. The van der Waals surface area contributed by atoms with E-state index in [1.807, 2.05) is 25.3 Å². The average Bonchev–Trinajstić information content (AvgIpc) is 3.06. The van der Waals surface area contributed by atoms with Gasteiger partial charge >= 0.3 is 0 Å². The molecule has 2 aromatic rings. The summed E-state index contributed by atoms with van der Waals surface area (Å²) in [6.45, 7) is 2.75. The van der Waals surface area contributed by atoms with Crippen LogP contribution < -0.4 is 5.32 Å². The topological polar surface area (TPSA) is 46.9 Å². The maximum absolute atomic E-state index is 12.9. The van der Waals surface area contributed by atoms with Crippen LogP contribution in [-0.4, -0.2) is 21.4 Å². The summed E-state index contributed by atoms with van der Waals surface area (Å²) in [5.41, 5.74) is 2.32. The van der Waals surface area contributed by atoms with E-state index in [2.05, 4.69) is 27.0 Å². The Hall–Kier alpha value is -1.81. The highest BCUT2D eigenvalue weighted by atomic mass is 35.5. The Morgan fingerprint density at radius 2 is 2.14 bits per heavy atom. The van der Waals surface area contributed by atoms with Gasteiger partial charge in [0.2, 0.25) is 0 Å². The van der Waals surface area contributed by atoms with Crippen LogP contribution in [0.25, 0.3) is 0 Å². The molecular weight excluding hydrogens is 298 g/mol. The van der Waals surface area contributed by atoms with Gasteiger partial charge < -0.3 is 9.88 Å². The normalized spacial score (nSPS) is 25.9. The molecule has 1 fully saturated rings. The minimum absolute atomic E-state index is 0. The Morgan fingerprint density at radius 3 is 2.91 bits per heavy atom. The molecule has 1 aliphatic carbocycles. The number of hydrogen-bond donors (Lipinski definition) is 1. The number of fused-ring (bicyclic) bond motifs is 3. The molecule has 5 heteroatoms. The Bertz CT molecular complexity index is 697. The summed E-state index contributed by atoms with van der Waals surface area (Å²) in [5.74, 6) is 1.50. The number of imidazole rings is 1. The highest BCUT2D eigenvalue weighted by Gasteiger charge is 2.43. The molecule has 2 heterocycles. The third-order valence-electron chi connectivity index (χ3n) is 4.91. The first-order valence-electron chi connectivity index (χ1n) is 7.61. The van der Waals surface area contributed by atoms with Gasteiger partial charge in [-0.15, -0.1) is 12.4 Å². The molecule has 0 radical (unpaired) electrons. The Labute approximate surface area is 136 Å². The molecule has 1 N–H and O–H groups in total. The lowest BCUT2D eigenvalue weighted by Gasteiger charge is -2.31. The van der Waals surface area contributed by atoms with E-state index in [-0.39, 0.29) is 30.3 Å². The zero-order valence-corrected chi connectivity index (χ0v) is 13.3. The van der Waals surface area contributed by atoms with E-state index in [0.29, 0.717) is 5.78 Å². The molecule has 3 unspecified atom stereocenters. The van der Waals surface area contributed by atoms with Crippen LogP contribution in [0.1, 0.15) is 30.1 Å². The lowest BCUT2D eigenvalue weighted by molar-refractivity contribution is -0.126. The van der Waals surface area contributed by atoms with Crippen molar-refractivity contribution in [3.05, 3.63) is 48.0 Å². The Balaban J connectivity index is 0.00000144. The van der Waals surface area contributed by atoms with E-state index in [1.165, 1.54) is 5.56 Å². The SMILES string of the molecule is Cc1nccn1CC1CCC2Nc3ccccc3C2C1=O.Cl. The molecule has 116 valence electrons. The van der Waals surface area contributed by atoms with E-state index in [0.717, 1.165) is 30.9 Å². The smallest absolute Gasteiger partial charge is 0.147 e. The fourth-order valence-electron chi connectivity index (χ4n) is 3.78. The summed E-state index contributed by atoms with van der Waals surface area (Å²) in [4.78, 5) is 17.2. The van der Waals surface area contributed by atoms with Crippen LogP contribution in [0.4, 0.5) is 5.69 Å². The van der Waals surface area contributed by atoms with Crippen LogP contribution in [0, 0.1) is 12.8 Å². The maximum atomic E-state index is 12.9. The van der Waals surface area contributed by atoms with E-state index in [9.17, 15) is 4.79 Å². The second-order valence-corrected chi connectivity index (χ2v) is 6.12. The Kier molecular flexibility index (Phi) is 3.96. The molecule has 0 amide bonds. The summed E-state index contributed by atoms with van der Waals surface area (Å²) in [5, 5.41) is 3.52. The van der Waals surface area contributed by atoms with Crippen molar-refractivity contribution in [2.45, 2.75) is 38.3 Å². The van der Waals surface area contributed by atoms with Crippen LogP contribution >= 0.6 is 12.4 Å². The monoisotopic (exact) mass is 317 g/mol. The highest BCUT2D eigenvalue weighted by Crippen LogP contribution is 2.43. The molecule has 1 saturated carbocycles. The number of carbonyl (C=O) groups excluding carboxylic acids is 1. The van der Waals surface area contributed by atoms with Crippen LogP contribution in [0.15, 0.2) is 36.7 Å². The number of hydrogen-bond acceptors (Lipinski definition) is 3. The molecule has 3 atom stereocenters. The molecule has 4 rings (SSSR count). The van der Waals surface area contributed by atoms with E-state index >= 15 is 0 Å². The quantitative estimate of drug-likeness (QED) is 0.925. The van der Waals surface area contributed by atoms with Crippen LogP contribution in [0.5, 0.6) is 0 Å². The molecule has 0 bridgehead atoms. The number of anilines is 1. The van der Waals surface area contributed by atoms with Gasteiger partial charge in [0.15, 0.2) is 0 Å². The third kappa shape index (κ3) is 2.31. The van der Waals surface area contributed by atoms with Gasteiger partial charge in [-0.25, -0.2) is 4.98 Å². The maximum Gasteiger partial charge on any atom is 0.147 e. The van der Waals surface area contributed by atoms with Crippen LogP contribution in [-0.2, 0) is 11.3 Å². The number of ketones is 1. The number of aromatic nitrogens is 2. The predicted octanol–water partition coefficient (Wildman–Crippen LogP) is 3.17. The van der Waals surface area contributed by atoms with Crippen molar-refractivity contribution in [2.75, 3.05) is 5.32 Å². The first-order chi connectivity index (χ1) is 10.2. The number of halogens is 1. The van der Waals surface area contributed by atoms with Gasteiger partial charge in [0.05, 0.1) is 5.92 Å². The molecular formula is C17H20ClN3O. The van der Waals surface area contributed by atoms with Gasteiger partial charge in [0, 0.05) is 36.6 Å². The first-order valence-corrected chi connectivity index (χ1v) is 7.61. The van der Waals surface area contributed by atoms with Crippen molar-refractivity contribution < 1.29 is 4.79 Å². The molecule has 0 saturated heterocycles. The number of rotatable bonds is 2. The lowest BCUT2D eigenvalue weighted by atomic mass is 9.75. The zero-order valence-electron chi connectivity index (χ0n) is 12.5. The largest absolute Gasteiger partial charge is 0.381 e. The molecule has 1 aromatic heterocycles. The minimum atomic E-state index is 0. The molecule has 22 heavy (non-hydrogen) atoms. The van der Waals surface area contributed by atoms with Crippen molar-refractivity contribution in [3.63, 3.8) is 0 Å². The third-order valence-corrected chi connectivity index (χ3v) is 4.91. The van der Waals surface area contributed by atoms with Gasteiger partial charge in [0.25, 0.3) is 0 Å². The van der Waals surface area contributed by atoms with Crippen molar-refractivity contribution in [1.29, 1.82) is 0 Å². The van der Waals surface area contributed by atoms with E-state index < -0.39 is 0 Å².